The van der Waals surface area contributed by atoms with Crippen LogP contribution in [0.5, 0.6) is 5.75 Å². The standard InChI is InChI=1S/C16H15ClN2O2/c1-20-13-8-3-2-6-11(13)15(19-18)14-9-10-5-4-7-12(17)16(10)21-14/h2-9,15,19H,18H2,1H3. The third-order valence-corrected chi connectivity index (χ3v) is 3.71. The first-order chi connectivity index (χ1) is 10.2. The summed E-state index contributed by atoms with van der Waals surface area (Å²) in [5, 5.41) is 1.52. The van der Waals surface area contributed by atoms with Crippen LogP contribution in [0.1, 0.15) is 17.4 Å². The molecule has 21 heavy (non-hydrogen) atoms. The molecule has 0 radical (unpaired) electrons. The van der Waals surface area contributed by atoms with E-state index in [1.165, 1.54) is 0 Å². The second kappa shape index (κ2) is 5.77. The summed E-state index contributed by atoms with van der Waals surface area (Å²) in [6.45, 7) is 0. The Morgan fingerprint density at radius 2 is 2.00 bits per heavy atom. The third-order valence-electron chi connectivity index (χ3n) is 3.42. The average Bonchev–Trinajstić information content (AvgIpc) is 2.94. The molecule has 0 fully saturated rings. The van der Waals surface area contributed by atoms with Crippen LogP contribution in [0.15, 0.2) is 52.9 Å². The van der Waals surface area contributed by atoms with Gasteiger partial charge in [0, 0.05) is 10.9 Å². The molecule has 1 aromatic heterocycles. The molecule has 3 rings (SSSR count). The molecule has 0 saturated carbocycles. The molecule has 1 atom stereocenters. The van der Waals surface area contributed by atoms with Crippen molar-refractivity contribution < 1.29 is 9.15 Å². The van der Waals surface area contributed by atoms with Crippen molar-refractivity contribution in [2.24, 2.45) is 5.84 Å². The van der Waals surface area contributed by atoms with Crippen LogP contribution in [0.25, 0.3) is 11.0 Å². The van der Waals surface area contributed by atoms with Crippen LogP contribution in [0.3, 0.4) is 0 Å². The molecule has 0 amide bonds. The molecule has 0 aliphatic heterocycles. The maximum absolute atomic E-state index is 6.15. The van der Waals surface area contributed by atoms with Crippen molar-refractivity contribution in [1.82, 2.24) is 5.43 Å². The molecule has 4 nitrogen and oxygen atoms in total. The fourth-order valence-corrected chi connectivity index (χ4v) is 2.64. The lowest BCUT2D eigenvalue weighted by molar-refractivity contribution is 0.396. The lowest BCUT2D eigenvalue weighted by Gasteiger charge is -2.16. The predicted octanol–water partition coefficient (Wildman–Crippen LogP) is 3.65. The highest BCUT2D eigenvalue weighted by molar-refractivity contribution is 6.34. The lowest BCUT2D eigenvalue weighted by Crippen LogP contribution is -2.28. The Kier molecular flexibility index (Phi) is 3.84. The molecule has 2 aromatic carbocycles. The highest BCUT2D eigenvalue weighted by atomic mass is 35.5. The van der Waals surface area contributed by atoms with Crippen LogP contribution in [0.4, 0.5) is 0 Å². The van der Waals surface area contributed by atoms with Crippen molar-refractivity contribution in [3.63, 3.8) is 0 Å². The number of rotatable bonds is 4. The summed E-state index contributed by atoms with van der Waals surface area (Å²) in [5.74, 6) is 7.15. The number of para-hydroxylation sites is 2. The Morgan fingerprint density at radius 3 is 2.71 bits per heavy atom. The maximum atomic E-state index is 6.15. The van der Waals surface area contributed by atoms with Crippen molar-refractivity contribution in [2.75, 3.05) is 7.11 Å². The fraction of sp³-hybridized carbons (Fsp3) is 0.125. The van der Waals surface area contributed by atoms with Crippen LogP contribution < -0.4 is 16.0 Å². The molecule has 0 aliphatic carbocycles. The second-order valence-electron chi connectivity index (χ2n) is 4.65. The zero-order valence-electron chi connectivity index (χ0n) is 11.5. The first kappa shape index (κ1) is 13.9. The number of methoxy groups -OCH3 is 1. The average molecular weight is 303 g/mol. The number of nitrogens with one attached hydrogen (secondary N) is 1. The first-order valence-electron chi connectivity index (χ1n) is 6.51. The largest absolute Gasteiger partial charge is 0.496 e. The van der Waals surface area contributed by atoms with Gasteiger partial charge in [0.25, 0.3) is 0 Å². The van der Waals surface area contributed by atoms with E-state index in [1.54, 1.807) is 13.2 Å². The minimum Gasteiger partial charge on any atom is -0.496 e. The number of hydrogen-bond acceptors (Lipinski definition) is 4. The lowest BCUT2D eigenvalue weighted by atomic mass is 10.0. The van der Waals surface area contributed by atoms with Crippen LogP contribution >= 0.6 is 11.6 Å². The molecule has 0 aliphatic rings. The monoisotopic (exact) mass is 302 g/mol. The van der Waals surface area contributed by atoms with Gasteiger partial charge in [-0.05, 0) is 18.2 Å². The SMILES string of the molecule is COc1ccccc1C(NN)c1cc2cccc(Cl)c2o1. The fourth-order valence-electron chi connectivity index (χ4n) is 2.42. The normalized spacial score (nSPS) is 12.5. The van der Waals surface area contributed by atoms with Gasteiger partial charge in [0.15, 0.2) is 5.58 Å². The van der Waals surface area contributed by atoms with E-state index in [4.69, 9.17) is 26.6 Å². The number of halogens is 1. The number of hydrazine groups is 1. The van der Waals surface area contributed by atoms with E-state index < -0.39 is 0 Å². The zero-order valence-corrected chi connectivity index (χ0v) is 12.2. The van der Waals surface area contributed by atoms with E-state index in [9.17, 15) is 0 Å². The zero-order chi connectivity index (χ0) is 14.8. The Balaban J connectivity index is 2.12. The van der Waals surface area contributed by atoms with Gasteiger partial charge in [0.1, 0.15) is 17.6 Å². The van der Waals surface area contributed by atoms with Crippen molar-refractivity contribution in [2.45, 2.75) is 6.04 Å². The van der Waals surface area contributed by atoms with Crippen molar-refractivity contribution in [3.05, 3.63) is 64.9 Å². The summed E-state index contributed by atoms with van der Waals surface area (Å²) in [6, 6.07) is 14.9. The van der Waals surface area contributed by atoms with Crippen LogP contribution in [-0.4, -0.2) is 7.11 Å². The van der Waals surface area contributed by atoms with E-state index in [2.05, 4.69) is 5.43 Å². The van der Waals surface area contributed by atoms with Gasteiger partial charge >= 0.3 is 0 Å². The van der Waals surface area contributed by atoms with E-state index in [-0.39, 0.29) is 6.04 Å². The third kappa shape index (κ3) is 2.49. The Bertz CT molecular complexity index is 770. The smallest absolute Gasteiger partial charge is 0.152 e. The Hall–Kier alpha value is -2.01. The number of fused-ring (bicyclic) bond motifs is 1. The number of ether oxygens (including phenoxy) is 1. The summed E-state index contributed by atoms with van der Waals surface area (Å²) in [6.07, 6.45) is 0. The molecule has 0 spiro atoms. The topological polar surface area (TPSA) is 60.4 Å². The Labute approximate surface area is 127 Å². The number of furan rings is 1. The van der Waals surface area contributed by atoms with Gasteiger partial charge < -0.3 is 9.15 Å². The molecule has 3 N–H and O–H groups in total. The van der Waals surface area contributed by atoms with Gasteiger partial charge in [-0.2, -0.15) is 0 Å². The highest BCUT2D eigenvalue weighted by Crippen LogP contribution is 2.34. The van der Waals surface area contributed by atoms with Gasteiger partial charge in [0.2, 0.25) is 0 Å². The van der Waals surface area contributed by atoms with Gasteiger partial charge in [-0.3, -0.25) is 5.84 Å². The summed E-state index contributed by atoms with van der Waals surface area (Å²) in [4.78, 5) is 0. The number of nitrogens with two attached hydrogens (primary N) is 1. The summed E-state index contributed by atoms with van der Waals surface area (Å²) in [7, 11) is 1.63. The van der Waals surface area contributed by atoms with Crippen molar-refractivity contribution in [3.8, 4) is 5.75 Å². The van der Waals surface area contributed by atoms with E-state index in [0.29, 0.717) is 16.4 Å². The quantitative estimate of drug-likeness (QED) is 0.570. The molecule has 1 heterocycles. The molecule has 0 bridgehead atoms. The highest BCUT2D eigenvalue weighted by Gasteiger charge is 2.21. The maximum Gasteiger partial charge on any atom is 0.152 e. The first-order valence-corrected chi connectivity index (χ1v) is 6.89. The van der Waals surface area contributed by atoms with Gasteiger partial charge in [0.05, 0.1) is 12.1 Å². The molecular weight excluding hydrogens is 288 g/mol. The Morgan fingerprint density at radius 1 is 1.19 bits per heavy atom. The molecule has 1 unspecified atom stereocenters. The van der Waals surface area contributed by atoms with Crippen LogP contribution in [0, 0.1) is 0 Å². The van der Waals surface area contributed by atoms with Crippen LogP contribution in [0.2, 0.25) is 5.02 Å². The number of hydrogen-bond donors (Lipinski definition) is 2. The van der Waals surface area contributed by atoms with E-state index in [1.807, 2.05) is 42.5 Å². The van der Waals surface area contributed by atoms with E-state index in [0.717, 1.165) is 16.7 Å². The van der Waals surface area contributed by atoms with Gasteiger partial charge in [-0.15, -0.1) is 0 Å². The predicted molar refractivity (Wildman–Crippen MR) is 83.4 cm³/mol. The second-order valence-corrected chi connectivity index (χ2v) is 5.06. The molecule has 5 heteroatoms. The molecular formula is C16H15ClN2O2. The summed E-state index contributed by atoms with van der Waals surface area (Å²) in [5.41, 5.74) is 4.33. The van der Waals surface area contributed by atoms with Crippen LogP contribution in [-0.2, 0) is 0 Å². The van der Waals surface area contributed by atoms with Crippen molar-refractivity contribution in [1.29, 1.82) is 0 Å². The summed E-state index contributed by atoms with van der Waals surface area (Å²) >= 11 is 6.15. The minimum absolute atomic E-state index is 0.315. The minimum atomic E-state index is -0.315. The summed E-state index contributed by atoms with van der Waals surface area (Å²) < 4.78 is 11.3. The van der Waals surface area contributed by atoms with Gasteiger partial charge in [-0.25, -0.2) is 5.43 Å². The number of benzene rings is 2. The van der Waals surface area contributed by atoms with Gasteiger partial charge in [-0.1, -0.05) is 41.9 Å². The molecule has 108 valence electrons. The molecule has 3 aromatic rings. The van der Waals surface area contributed by atoms with Crippen molar-refractivity contribution >= 4 is 22.6 Å². The van der Waals surface area contributed by atoms with E-state index >= 15 is 0 Å². The molecule has 0 saturated heterocycles.